The van der Waals surface area contributed by atoms with Crippen LogP contribution in [0.4, 0.5) is 11.4 Å². The number of carbonyl (C=O) groups excluding carboxylic acids is 2. The highest BCUT2D eigenvalue weighted by molar-refractivity contribution is 5.93. The Morgan fingerprint density at radius 2 is 1.46 bits per heavy atom. The second-order valence-electron chi connectivity index (χ2n) is 6.86. The highest BCUT2D eigenvalue weighted by Gasteiger charge is 2.17. The first-order chi connectivity index (χ1) is 12.3. The minimum absolute atomic E-state index is 0.0655. The van der Waals surface area contributed by atoms with Crippen molar-refractivity contribution in [2.24, 2.45) is 0 Å². The summed E-state index contributed by atoms with van der Waals surface area (Å²) in [7, 11) is 0. The monoisotopic (exact) mass is 354 g/mol. The Bertz CT molecular complexity index is 750. The maximum atomic E-state index is 12.0. The van der Waals surface area contributed by atoms with Crippen LogP contribution in [0, 0.1) is 0 Å². The zero-order valence-corrected chi connectivity index (χ0v) is 15.8. The van der Waals surface area contributed by atoms with Gasteiger partial charge in [-0.2, -0.15) is 0 Å². The van der Waals surface area contributed by atoms with Gasteiger partial charge in [-0.3, -0.25) is 9.59 Å². The number of nitrogens with one attached hydrogen (secondary N) is 2. The molecule has 0 radical (unpaired) electrons. The Morgan fingerprint density at radius 1 is 0.923 bits per heavy atom. The van der Waals surface area contributed by atoms with Crippen LogP contribution in [0.1, 0.15) is 39.7 Å². The first-order valence-electron chi connectivity index (χ1n) is 8.71. The van der Waals surface area contributed by atoms with Gasteiger partial charge in [0.05, 0.1) is 0 Å². The van der Waals surface area contributed by atoms with E-state index in [1.54, 1.807) is 24.3 Å². The second kappa shape index (κ2) is 8.52. The van der Waals surface area contributed by atoms with E-state index in [-0.39, 0.29) is 23.8 Å². The van der Waals surface area contributed by atoms with Crippen molar-refractivity contribution in [1.82, 2.24) is 0 Å². The van der Waals surface area contributed by atoms with Crippen LogP contribution in [0.3, 0.4) is 0 Å². The van der Waals surface area contributed by atoms with Crippen molar-refractivity contribution in [2.75, 3.05) is 17.2 Å². The molecule has 0 aliphatic heterocycles. The summed E-state index contributed by atoms with van der Waals surface area (Å²) in [6.45, 7) is 7.95. The van der Waals surface area contributed by atoms with Crippen molar-refractivity contribution in [1.29, 1.82) is 0 Å². The highest BCUT2D eigenvalue weighted by atomic mass is 16.5. The van der Waals surface area contributed by atoms with Crippen LogP contribution < -0.4 is 15.4 Å². The molecule has 2 aromatic rings. The summed E-state index contributed by atoms with van der Waals surface area (Å²) >= 11 is 0. The maximum absolute atomic E-state index is 12.0. The molecule has 2 aromatic carbocycles. The fourth-order valence-electron chi connectivity index (χ4n) is 2.39. The third-order valence-corrected chi connectivity index (χ3v) is 4.38. The molecule has 5 heteroatoms. The molecule has 0 aromatic heterocycles. The molecule has 0 saturated carbocycles. The summed E-state index contributed by atoms with van der Waals surface area (Å²) in [6, 6.07) is 14.8. The molecule has 2 N–H and O–H groups in total. The van der Waals surface area contributed by atoms with Crippen LogP contribution in [-0.2, 0) is 15.0 Å². The summed E-state index contributed by atoms with van der Waals surface area (Å²) in [4.78, 5) is 23.0. The molecule has 0 atom stereocenters. The van der Waals surface area contributed by atoms with Crippen molar-refractivity contribution in [3.8, 4) is 5.75 Å². The highest BCUT2D eigenvalue weighted by Crippen LogP contribution is 2.28. The number of anilines is 2. The van der Waals surface area contributed by atoms with Crippen molar-refractivity contribution in [3.05, 3.63) is 54.1 Å². The van der Waals surface area contributed by atoms with Gasteiger partial charge in [-0.25, -0.2) is 0 Å². The molecule has 0 heterocycles. The zero-order valence-electron chi connectivity index (χ0n) is 15.8. The first-order valence-corrected chi connectivity index (χ1v) is 8.71. The van der Waals surface area contributed by atoms with Crippen molar-refractivity contribution < 1.29 is 14.3 Å². The smallest absolute Gasteiger partial charge is 0.262 e. The first kappa shape index (κ1) is 19.5. The van der Waals surface area contributed by atoms with Crippen molar-refractivity contribution >= 4 is 23.2 Å². The number of benzene rings is 2. The fourth-order valence-corrected chi connectivity index (χ4v) is 2.39. The third-order valence-electron chi connectivity index (χ3n) is 4.38. The minimum Gasteiger partial charge on any atom is -0.484 e. The SMILES string of the molecule is CCC(C)(C)c1ccc(OCC(=O)Nc2ccc(NC(C)=O)cc2)cc1. The lowest BCUT2D eigenvalue weighted by Crippen LogP contribution is -2.20. The maximum Gasteiger partial charge on any atom is 0.262 e. The van der Waals surface area contributed by atoms with E-state index in [9.17, 15) is 9.59 Å². The van der Waals surface area contributed by atoms with Gasteiger partial charge in [-0.15, -0.1) is 0 Å². The van der Waals surface area contributed by atoms with Gasteiger partial charge in [0, 0.05) is 18.3 Å². The lowest BCUT2D eigenvalue weighted by Gasteiger charge is -2.23. The Balaban J connectivity index is 1.86. The fraction of sp³-hybridized carbons (Fsp3) is 0.333. The van der Waals surface area contributed by atoms with E-state index in [1.165, 1.54) is 12.5 Å². The van der Waals surface area contributed by atoms with Crippen LogP contribution in [0.25, 0.3) is 0 Å². The van der Waals surface area contributed by atoms with Crippen LogP contribution in [-0.4, -0.2) is 18.4 Å². The largest absolute Gasteiger partial charge is 0.484 e. The molecule has 2 rings (SSSR count). The topological polar surface area (TPSA) is 67.4 Å². The molecule has 5 nitrogen and oxygen atoms in total. The number of rotatable bonds is 7. The van der Waals surface area contributed by atoms with Crippen LogP contribution >= 0.6 is 0 Å². The molecule has 0 fully saturated rings. The number of hydrogen-bond donors (Lipinski definition) is 2. The Morgan fingerprint density at radius 3 is 1.96 bits per heavy atom. The van der Waals surface area contributed by atoms with Gasteiger partial charge in [0.25, 0.3) is 5.91 Å². The molecule has 0 unspecified atom stereocenters. The number of ether oxygens (including phenoxy) is 1. The quantitative estimate of drug-likeness (QED) is 0.777. The van der Waals surface area contributed by atoms with Crippen molar-refractivity contribution in [3.63, 3.8) is 0 Å². The van der Waals surface area contributed by atoms with E-state index in [1.807, 2.05) is 24.3 Å². The average Bonchev–Trinajstić information content (AvgIpc) is 2.61. The molecule has 138 valence electrons. The van der Waals surface area contributed by atoms with Gasteiger partial charge in [-0.1, -0.05) is 32.9 Å². The van der Waals surface area contributed by atoms with Crippen LogP contribution in [0.15, 0.2) is 48.5 Å². The van der Waals surface area contributed by atoms with Crippen LogP contribution in [0.5, 0.6) is 5.75 Å². The molecule has 26 heavy (non-hydrogen) atoms. The predicted molar refractivity (Wildman–Crippen MR) is 105 cm³/mol. The van der Waals surface area contributed by atoms with Gasteiger partial charge >= 0.3 is 0 Å². The summed E-state index contributed by atoms with van der Waals surface area (Å²) in [5.74, 6) is 0.288. The number of hydrogen-bond acceptors (Lipinski definition) is 3. The lowest BCUT2D eigenvalue weighted by molar-refractivity contribution is -0.118. The Hall–Kier alpha value is -2.82. The molecule has 0 saturated heterocycles. The summed E-state index contributed by atoms with van der Waals surface area (Å²) in [5.41, 5.74) is 2.70. The molecular formula is C21H26N2O3. The van der Waals surface area contributed by atoms with Crippen molar-refractivity contribution in [2.45, 2.75) is 39.5 Å². The minimum atomic E-state index is -0.241. The lowest BCUT2D eigenvalue weighted by atomic mass is 9.82. The van der Waals surface area contributed by atoms with E-state index >= 15 is 0 Å². The van der Waals surface area contributed by atoms with Gasteiger partial charge < -0.3 is 15.4 Å². The molecule has 2 amide bonds. The van der Waals surface area contributed by atoms with E-state index in [0.29, 0.717) is 17.1 Å². The van der Waals surface area contributed by atoms with E-state index in [2.05, 4.69) is 31.4 Å². The average molecular weight is 354 g/mol. The molecule has 0 aliphatic rings. The van der Waals surface area contributed by atoms with Gasteiger partial charge in [0.1, 0.15) is 5.75 Å². The van der Waals surface area contributed by atoms with E-state index < -0.39 is 0 Å². The molecular weight excluding hydrogens is 328 g/mol. The van der Waals surface area contributed by atoms with E-state index in [4.69, 9.17) is 4.74 Å². The number of amides is 2. The molecule has 0 bridgehead atoms. The normalized spacial score (nSPS) is 10.9. The zero-order chi connectivity index (χ0) is 19.2. The van der Waals surface area contributed by atoms with Gasteiger partial charge in [0.15, 0.2) is 6.61 Å². The van der Waals surface area contributed by atoms with Crippen LogP contribution in [0.2, 0.25) is 0 Å². The number of carbonyl (C=O) groups is 2. The van der Waals surface area contributed by atoms with E-state index in [0.717, 1.165) is 6.42 Å². The predicted octanol–water partition coefficient (Wildman–Crippen LogP) is 4.35. The standard InChI is InChI=1S/C21H26N2O3/c1-5-21(3,4)16-6-12-19(13-7-16)26-14-20(25)23-18-10-8-17(9-11-18)22-15(2)24/h6-13H,5,14H2,1-4H3,(H,22,24)(H,23,25). The summed E-state index contributed by atoms with van der Waals surface area (Å²) in [5, 5.41) is 5.44. The second-order valence-corrected chi connectivity index (χ2v) is 6.86. The van der Waals surface area contributed by atoms with Gasteiger partial charge in [-0.05, 0) is 53.8 Å². The summed E-state index contributed by atoms with van der Waals surface area (Å²) < 4.78 is 5.55. The summed E-state index contributed by atoms with van der Waals surface area (Å²) in [6.07, 6.45) is 1.05. The van der Waals surface area contributed by atoms with Gasteiger partial charge in [0.2, 0.25) is 5.91 Å². The third kappa shape index (κ3) is 5.62. The Labute approximate surface area is 154 Å². The molecule has 0 spiro atoms. The Kier molecular flexibility index (Phi) is 6.39. The molecule has 0 aliphatic carbocycles.